The summed E-state index contributed by atoms with van der Waals surface area (Å²) in [6, 6.07) is 0. The van der Waals surface area contributed by atoms with Crippen LogP contribution in [-0.4, -0.2) is 43.8 Å². The van der Waals surface area contributed by atoms with Crippen molar-refractivity contribution in [3.05, 3.63) is 20.2 Å². The van der Waals surface area contributed by atoms with Gasteiger partial charge in [0.05, 0.1) is 0 Å². The molecule has 0 amide bonds. The lowest BCUT2D eigenvalue weighted by molar-refractivity contribution is -0.835. The number of hydrogen-bond donors (Lipinski definition) is 3. The molecule has 0 fully saturated rings. The summed E-state index contributed by atoms with van der Waals surface area (Å²) in [6.45, 7) is -1.96. The van der Waals surface area contributed by atoms with E-state index in [1.54, 1.807) is 0 Å². The third kappa shape index (κ3) is 3.14. The molecule has 10 nitrogen and oxygen atoms in total. The third-order valence-electron chi connectivity index (χ3n) is 1.01. The van der Waals surface area contributed by atoms with Gasteiger partial charge in [0.25, 0.3) is 0 Å². The van der Waals surface area contributed by atoms with Crippen LogP contribution in [0.3, 0.4) is 0 Å². The van der Waals surface area contributed by atoms with Gasteiger partial charge in [-0.2, -0.15) is 0 Å². The van der Waals surface area contributed by atoms with Crippen LogP contribution in [0, 0.1) is 20.2 Å². The van der Waals surface area contributed by atoms with Crippen LogP contribution in [0.1, 0.15) is 0 Å². The predicted molar refractivity (Wildman–Crippen MR) is 33.2 cm³/mol. The van der Waals surface area contributed by atoms with Crippen LogP contribution < -0.4 is 0 Å². The molecule has 0 spiro atoms. The van der Waals surface area contributed by atoms with Gasteiger partial charge in [-0.1, -0.05) is 4.39 Å². The Bertz CT molecular complexity index is 233. The summed E-state index contributed by atoms with van der Waals surface area (Å²) in [5.41, 5.74) is 0. The normalized spacial score (nSPS) is 12.6. The molecule has 3 N–H and O–H groups in total. The highest BCUT2D eigenvalue weighted by Gasteiger charge is 2.59. The van der Waals surface area contributed by atoms with Crippen LogP contribution in [0.5, 0.6) is 0 Å². The van der Waals surface area contributed by atoms with Crippen molar-refractivity contribution in [2.75, 3.05) is 6.61 Å². The minimum Gasteiger partial charge on any atom is -0.319 e. The lowest BCUT2D eigenvalue weighted by Crippen LogP contribution is -2.49. The lowest BCUT2D eigenvalue weighted by atomic mass is 10.5. The summed E-state index contributed by atoms with van der Waals surface area (Å²) in [4.78, 5) is 15.8. The van der Waals surface area contributed by atoms with Gasteiger partial charge in [-0.3, -0.25) is 25.0 Å². The van der Waals surface area contributed by atoms with E-state index in [0.717, 1.165) is 0 Å². The van der Waals surface area contributed by atoms with E-state index in [4.69, 9.17) is 15.3 Å². The molecule has 0 aliphatic heterocycles. The van der Waals surface area contributed by atoms with Gasteiger partial charge in [0.15, 0.2) is 0 Å². The third-order valence-corrected chi connectivity index (χ3v) is 1.01. The first-order valence-corrected chi connectivity index (χ1v) is 2.88. The van der Waals surface area contributed by atoms with Gasteiger partial charge in [-0.05, 0) is 0 Å². The molecule has 0 bridgehead atoms. The van der Waals surface area contributed by atoms with Crippen LogP contribution in [0.15, 0.2) is 0 Å². The van der Waals surface area contributed by atoms with Crippen LogP contribution >= 0.6 is 0 Å². The van der Waals surface area contributed by atoms with Gasteiger partial charge in [0, 0.05) is 0 Å². The zero-order valence-corrected chi connectivity index (χ0v) is 6.36. The predicted octanol–water partition coefficient (Wildman–Crippen LogP) is -2.23. The summed E-state index contributed by atoms with van der Waals surface area (Å²) in [5.74, 6) is -4.25. The molecule has 0 saturated heterocycles. The molecular weight excluding hydrogens is 211 g/mol. The van der Waals surface area contributed by atoms with E-state index in [1.165, 1.54) is 0 Å². The lowest BCUT2D eigenvalue weighted by Gasteiger charge is -2.14. The van der Waals surface area contributed by atoms with Crippen molar-refractivity contribution in [3.8, 4) is 0 Å². The van der Waals surface area contributed by atoms with Gasteiger partial charge >= 0.3 is 12.1 Å². The molecule has 11 heteroatoms. The van der Waals surface area contributed by atoms with Gasteiger partial charge in [-0.25, -0.2) is 0 Å². The zero-order valence-electron chi connectivity index (χ0n) is 6.36. The van der Waals surface area contributed by atoms with Crippen LogP contribution in [0.4, 0.5) is 4.39 Å². The van der Waals surface area contributed by atoms with Crippen molar-refractivity contribution in [2.24, 2.45) is 0 Å². The topological polar surface area (TPSA) is 156 Å². The average Bonchev–Trinajstić information content (AvgIpc) is 1.97. The molecule has 0 atom stereocenters. The summed E-state index contributed by atoms with van der Waals surface area (Å²) in [7, 11) is 0. The number of hydrogen-bond acceptors (Lipinski definition) is 8. The standard InChI is InChI=1S/C3H5FN2O8/c4-2(5(10)11,6(12)13)1-14-3(7,8)9/h7-9H,1H2. The number of alkyl halides is 1. The van der Waals surface area contributed by atoms with Crippen LogP contribution in [0.2, 0.25) is 0 Å². The van der Waals surface area contributed by atoms with E-state index in [2.05, 4.69) is 4.74 Å². The molecular formula is C3H5FN2O8. The Kier molecular flexibility index (Phi) is 3.37. The Hall–Kier alpha value is -1.43. The molecule has 14 heavy (non-hydrogen) atoms. The van der Waals surface area contributed by atoms with Crippen molar-refractivity contribution < 1.29 is 34.3 Å². The largest absolute Gasteiger partial charge is 0.638 e. The average molecular weight is 216 g/mol. The maximum atomic E-state index is 12.7. The first-order chi connectivity index (χ1) is 6.09. The SMILES string of the molecule is O=[N+]([O-])C(F)(COC(O)(O)O)[N+](=O)[O-]. The Morgan fingerprint density at radius 3 is 1.79 bits per heavy atom. The van der Waals surface area contributed by atoms with E-state index < -0.39 is 28.5 Å². The maximum Gasteiger partial charge on any atom is 0.638 e. The zero-order chi connectivity index (χ0) is 11.6. The molecule has 82 valence electrons. The van der Waals surface area contributed by atoms with E-state index in [1.807, 2.05) is 0 Å². The van der Waals surface area contributed by atoms with Crippen LogP contribution in [0.25, 0.3) is 0 Å². The summed E-state index contributed by atoms with van der Waals surface area (Å²) in [6.07, 6.45) is -3.87. The van der Waals surface area contributed by atoms with Gasteiger partial charge in [-0.15, -0.1) is 0 Å². The molecule has 0 heterocycles. The quantitative estimate of drug-likeness (QED) is 0.201. The number of aliphatic hydroxyl groups is 3. The van der Waals surface area contributed by atoms with Crippen molar-refractivity contribution in [1.29, 1.82) is 0 Å². The smallest absolute Gasteiger partial charge is 0.319 e. The number of halogens is 1. The van der Waals surface area contributed by atoms with Crippen molar-refractivity contribution in [2.45, 2.75) is 12.1 Å². The Labute approximate surface area is 74.4 Å². The fourth-order valence-electron chi connectivity index (χ4n) is 0.361. The van der Waals surface area contributed by atoms with E-state index >= 15 is 0 Å². The monoisotopic (exact) mass is 216 g/mol. The van der Waals surface area contributed by atoms with Crippen molar-refractivity contribution in [1.82, 2.24) is 0 Å². The maximum absolute atomic E-state index is 12.7. The summed E-state index contributed by atoms with van der Waals surface area (Å²) in [5, 5.41) is 43.8. The molecule has 0 aromatic carbocycles. The fourth-order valence-corrected chi connectivity index (χ4v) is 0.361. The Morgan fingerprint density at radius 2 is 1.57 bits per heavy atom. The number of rotatable bonds is 5. The second-order valence-corrected chi connectivity index (χ2v) is 2.10. The molecule has 0 unspecified atom stereocenters. The van der Waals surface area contributed by atoms with Crippen molar-refractivity contribution >= 4 is 0 Å². The molecule has 0 saturated carbocycles. The molecule has 0 aliphatic carbocycles. The highest BCUT2D eigenvalue weighted by atomic mass is 19.2. The summed E-state index contributed by atoms with van der Waals surface area (Å²) >= 11 is 0. The number of nitrogens with zero attached hydrogens (tertiary/aromatic N) is 2. The summed E-state index contributed by atoms with van der Waals surface area (Å²) < 4.78 is 16.0. The molecule has 0 radical (unpaired) electrons. The molecule has 0 aromatic heterocycles. The minimum atomic E-state index is -4.25. The second-order valence-electron chi connectivity index (χ2n) is 2.10. The van der Waals surface area contributed by atoms with Crippen molar-refractivity contribution in [3.63, 3.8) is 0 Å². The number of nitro groups is 2. The van der Waals surface area contributed by atoms with E-state index in [0.29, 0.717) is 0 Å². The minimum absolute atomic E-state index is 1.95. The molecule has 0 rings (SSSR count). The first kappa shape index (κ1) is 12.6. The Balaban J connectivity index is 4.56. The number of ether oxygens (including phenoxy) is 1. The molecule has 0 aromatic rings. The van der Waals surface area contributed by atoms with Gasteiger partial charge in [0.2, 0.25) is 6.61 Å². The van der Waals surface area contributed by atoms with Gasteiger partial charge in [0.1, 0.15) is 9.85 Å². The second kappa shape index (κ2) is 3.75. The highest BCUT2D eigenvalue weighted by molar-refractivity contribution is 4.49. The fraction of sp³-hybridized carbons (Fsp3) is 1.00. The highest BCUT2D eigenvalue weighted by Crippen LogP contribution is 2.15. The first-order valence-electron chi connectivity index (χ1n) is 2.88. The van der Waals surface area contributed by atoms with Crippen LogP contribution in [-0.2, 0) is 4.74 Å². The molecule has 0 aliphatic rings. The Morgan fingerprint density at radius 1 is 1.21 bits per heavy atom. The van der Waals surface area contributed by atoms with Gasteiger partial charge < -0.3 is 15.3 Å². The van der Waals surface area contributed by atoms with E-state index in [-0.39, 0.29) is 0 Å². The van der Waals surface area contributed by atoms with E-state index in [9.17, 15) is 24.6 Å².